The molecule has 0 heterocycles. The third-order valence-corrected chi connectivity index (χ3v) is 8.05. The second kappa shape index (κ2) is 12.1. The lowest BCUT2D eigenvalue weighted by Crippen LogP contribution is -2.54. The average molecular weight is 434 g/mol. The van der Waals surface area contributed by atoms with Gasteiger partial charge in [-0.05, 0) is 67.6 Å². The van der Waals surface area contributed by atoms with Crippen LogP contribution in [0.5, 0.6) is 0 Å². The van der Waals surface area contributed by atoms with E-state index in [1.807, 2.05) is 0 Å². The summed E-state index contributed by atoms with van der Waals surface area (Å²) in [5.41, 5.74) is 0.713. The molecule has 0 bridgehead atoms. The van der Waals surface area contributed by atoms with Gasteiger partial charge in [0.05, 0.1) is 0 Å². The van der Waals surface area contributed by atoms with Crippen molar-refractivity contribution in [1.29, 1.82) is 0 Å². The van der Waals surface area contributed by atoms with E-state index in [2.05, 4.69) is 53.4 Å². The van der Waals surface area contributed by atoms with Gasteiger partial charge in [0.2, 0.25) is 5.91 Å². The highest BCUT2D eigenvalue weighted by Crippen LogP contribution is 2.45. The lowest BCUT2D eigenvalue weighted by molar-refractivity contribution is -0.141. The molecule has 0 unspecified atom stereocenters. The van der Waals surface area contributed by atoms with E-state index < -0.39 is 0 Å². The SMILES string of the molecule is CCCCCCCCCCC(=O)N([C@@H]1C[C@@H](C)CC(C)(C)C1)[C@@H]1C[C@H](C)CC(C)(C)C1. The van der Waals surface area contributed by atoms with E-state index in [1.165, 1.54) is 83.5 Å². The molecule has 4 atom stereocenters. The van der Waals surface area contributed by atoms with Crippen LogP contribution in [-0.4, -0.2) is 22.9 Å². The lowest BCUT2D eigenvalue weighted by Gasteiger charge is -2.50. The third kappa shape index (κ3) is 9.09. The Hall–Kier alpha value is -0.530. The number of hydrogen-bond donors (Lipinski definition) is 0. The molecule has 182 valence electrons. The van der Waals surface area contributed by atoms with Gasteiger partial charge in [0.25, 0.3) is 0 Å². The third-order valence-electron chi connectivity index (χ3n) is 8.05. The molecule has 2 aliphatic carbocycles. The van der Waals surface area contributed by atoms with Crippen molar-refractivity contribution in [3.63, 3.8) is 0 Å². The van der Waals surface area contributed by atoms with Gasteiger partial charge in [-0.2, -0.15) is 0 Å². The zero-order valence-corrected chi connectivity index (χ0v) is 22.3. The van der Waals surface area contributed by atoms with Crippen molar-refractivity contribution in [2.45, 2.75) is 157 Å². The summed E-state index contributed by atoms with van der Waals surface area (Å²) in [6.45, 7) is 16.8. The molecule has 2 aliphatic rings. The van der Waals surface area contributed by atoms with E-state index in [-0.39, 0.29) is 0 Å². The normalized spacial score (nSPS) is 30.2. The maximum Gasteiger partial charge on any atom is 0.223 e. The van der Waals surface area contributed by atoms with Crippen molar-refractivity contribution in [2.75, 3.05) is 0 Å². The van der Waals surface area contributed by atoms with Gasteiger partial charge in [0.1, 0.15) is 0 Å². The summed E-state index contributed by atoms with van der Waals surface area (Å²) >= 11 is 0. The van der Waals surface area contributed by atoms with E-state index in [0.717, 1.165) is 24.7 Å². The largest absolute Gasteiger partial charge is 0.337 e. The molecule has 1 amide bonds. The first kappa shape index (κ1) is 26.7. The second-order valence-corrected chi connectivity index (χ2v) is 13.2. The van der Waals surface area contributed by atoms with Gasteiger partial charge in [0, 0.05) is 18.5 Å². The summed E-state index contributed by atoms with van der Waals surface area (Å²) in [5.74, 6) is 1.91. The maximum absolute atomic E-state index is 13.7. The number of amides is 1. The zero-order valence-electron chi connectivity index (χ0n) is 22.3. The molecule has 0 aromatic heterocycles. The first-order valence-electron chi connectivity index (χ1n) is 13.8. The zero-order chi connectivity index (χ0) is 23.1. The van der Waals surface area contributed by atoms with E-state index in [4.69, 9.17) is 0 Å². The fraction of sp³-hybridized carbons (Fsp3) is 0.966. The lowest BCUT2D eigenvalue weighted by atomic mass is 9.67. The highest BCUT2D eigenvalue weighted by atomic mass is 16.2. The van der Waals surface area contributed by atoms with Crippen LogP contribution >= 0.6 is 0 Å². The van der Waals surface area contributed by atoms with E-state index in [0.29, 0.717) is 28.8 Å². The number of unbranched alkanes of at least 4 members (excludes halogenated alkanes) is 7. The summed E-state index contributed by atoms with van der Waals surface area (Å²) in [7, 11) is 0. The van der Waals surface area contributed by atoms with Gasteiger partial charge >= 0.3 is 0 Å². The molecule has 0 aliphatic heterocycles. The highest BCUT2D eigenvalue weighted by molar-refractivity contribution is 5.77. The second-order valence-electron chi connectivity index (χ2n) is 13.2. The minimum absolute atomic E-state index is 0.356. The molecule has 2 nitrogen and oxygen atoms in total. The molecule has 2 fully saturated rings. The summed E-state index contributed by atoms with van der Waals surface area (Å²) in [4.78, 5) is 16.1. The fourth-order valence-corrected chi connectivity index (χ4v) is 7.26. The van der Waals surface area contributed by atoms with Crippen molar-refractivity contribution in [1.82, 2.24) is 4.90 Å². The number of carbonyl (C=O) groups excluding carboxylic acids is 1. The molecule has 0 radical (unpaired) electrons. The Morgan fingerprint density at radius 1 is 0.710 bits per heavy atom. The van der Waals surface area contributed by atoms with Crippen molar-refractivity contribution in [3.8, 4) is 0 Å². The first-order chi connectivity index (χ1) is 14.5. The highest BCUT2D eigenvalue weighted by Gasteiger charge is 2.42. The van der Waals surface area contributed by atoms with Gasteiger partial charge in [-0.25, -0.2) is 0 Å². The van der Waals surface area contributed by atoms with Crippen LogP contribution in [0.15, 0.2) is 0 Å². The molecule has 0 saturated heterocycles. The maximum atomic E-state index is 13.7. The predicted molar refractivity (Wildman–Crippen MR) is 135 cm³/mol. The molecular weight excluding hydrogens is 378 g/mol. The van der Waals surface area contributed by atoms with Gasteiger partial charge in [-0.3, -0.25) is 4.79 Å². The minimum atomic E-state index is 0.356. The quantitative estimate of drug-likeness (QED) is 0.298. The van der Waals surface area contributed by atoms with Crippen molar-refractivity contribution in [3.05, 3.63) is 0 Å². The van der Waals surface area contributed by atoms with Crippen LogP contribution in [0.25, 0.3) is 0 Å². The number of carbonyl (C=O) groups is 1. The van der Waals surface area contributed by atoms with Crippen LogP contribution in [-0.2, 0) is 4.79 Å². The van der Waals surface area contributed by atoms with Crippen LogP contribution in [0.4, 0.5) is 0 Å². The first-order valence-corrected chi connectivity index (χ1v) is 13.8. The molecule has 2 rings (SSSR count). The van der Waals surface area contributed by atoms with E-state index >= 15 is 0 Å². The summed E-state index contributed by atoms with van der Waals surface area (Å²) in [6.07, 6.45) is 18.6. The molecule has 0 N–H and O–H groups in total. The van der Waals surface area contributed by atoms with Gasteiger partial charge in [-0.15, -0.1) is 0 Å². The molecule has 0 aromatic rings. The topological polar surface area (TPSA) is 20.3 Å². The van der Waals surface area contributed by atoms with Crippen LogP contribution in [0, 0.1) is 22.7 Å². The van der Waals surface area contributed by atoms with Crippen molar-refractivity contribution in [2.24, 2.45) is 22.7 Å². The van der Waals surface area contributed by atoms with Crippen molar-refractivity contribution >= 4 is 5.91 Å². The summed E-state index contributed by atoms with van der Waals surface area (Å²) in [6, 6.07) is 0.901. The number of nitrogens with zero attached hydrogens (tertiary/aromatic N) is 1. The molecule has 2 saturated carbocycles. The van der Waals surface area contributed by atoms with Gasteiger partial charge in [0.15, 0.2) is 0 Å². The Morgan fingerprint density at radius 3 is 1.55 bits per heavy atom. The molecular formula is C29H55NO. The monoisotopic (exact) mass is 433 g/mol. The van der Waals surface area contributed by atoms with Crippen molar-refractivity contribution < 1.29 is 4.79 Å². The number of rotatable bonds is 11. The Bertz CT molecular complexity index is 505. The van der Waals surface area contributed by atoms with Crippen LogP contribution in [0.2, 0.25) is 0 Å². The Kier molecular flexibility index (Phi) is 10.4. The van der Waals surface area contributed by atoms with Crippen LogP contribution < -0.4 is 0 Å². The summed E-state index contributed by atoms with van der Waals surface area (Å²) in [5, 5.41) is 0. The molecule has 2 heteroatoms. The number of hydrogen-bond acceptors (Lipinski definition) is 1. The van der Waals surface area contributed by atoms with E-state index in [1.54, 1.807) is 0 Å². The summed E-state index contributed by atoms with van der Waals surface area (Å²) < 4.78 is 0. The van der Waals surface area contributed by atoms with Crippen LogP contribution in [0.3, 0.4) is 0 Å². The molecule has 0 aromatic carbocycles. The van der Waals surface area contributed by atoms with E-state index in [9.17, 15) is 4.79 Å². The standard InChI is InChI=1S/C29H55NO/c1-8-9-10-11-12-13-14-15-16-27(31)30(25-17-23(2)19-28(4,5)21-25)26-18-24(3)20-29(6,7)22-26/h23-26H,8-22H2,1-7H3/t23-,24+,25-,26-/m1/s1. The van der Waals surface area contributed by atoms with Gasteiger partial charge in [-0.1, -0.05) is 93.4 Å². The minimum Gasteiger partial charge on any atom is -0.337 e. The smallest absolute Gasteiger partial charge is 0.223 e. The average Bonchev–Trinajstić information content (AvgIpc) is 2.60. The Balaban J connectivity index is 1.99. The fourth-order valence-electron chi connectivity index (χ4n) is 7.26. The van der Waals surface area contributed by atoms with Crippen LogP contribution in [0.1, 0.15) is 145 Å². The predicted octanol–water partition coefficient (Wildman–Crippen LogP) is 8.78. The molecule has 31 heavy (non-hydrogen) atoms. The molecule has 0 spiro atoms. The van der Waals surface area contributed by atoms with Gasteiger partial charge < -0.3 is 4.90 Å². The Morgan fingerprint density at radius 2 is 1.13 bits per heavy atom. The Labute approximate surface area is 195 Å².